The number of benzene rings is 3. The van der Waals surface area contributed by atoms with E-state index in [0.29, 0.717) is 10.8 Å². The summed E-state index contributed by atoms with van der Waals surface area (Å²) < 4.78 is 7.72. The molecule has 1 heterocycles. The second-order valence-corrected chi connectivity index (χ2v) is 9.54. The number of rotatable bonds is 6. The Kier molecular flexibility index (Phi) is 6.82. The van der Waals surface area contributed by atoms with E-state index in [0.717, 1.165) is 27.9 Å². The van der Waals surface area contributed by atoms with Crippen molar-refractivity contribution >= 4 is 23.4 Å². The van der Waals surface area contributed by atoms with E-state index in [9.17, 15) is 0 Å². The Balaban J connectivity index is 1.83. The van der Waals surface area contributed by atoms with Gasteiger partial charge in [0, 0.05) is 11.3 Å². The number of thioether (sulfide) groups is 1. The summed E-state index contributed by atoms with van der Waals surface area (Å²) in [5, 5.41) is 10.6. The summed E-state index contributed by atoms with van der Waals surface area (Å²) in [7, 11) is 1.68. The van der Waals surface area contributed by atoms with Gasteiger partial charge >= 0.3 is 0 Å². The number of hydrogen-bond donors (Lipinski definition) is 0. The number of aromatic nitrogens is 3. The van der Waals surface area contributed by atoms with Gasteiger partial charge in [-0.1, -0.05) is 47.6 Å². The van der Waals surface area contributed by atoms with Crippen LogP contribution in [0.25, 0.3) is 17.1 Å². The molecule has 3 aromatic carbocycles. The summed E-state index contributed by atoms with van der Waals surface area (Å²) in [4.78, 5) is 0. The van der Waals surface area contributed by atoms with Crippen molar-refractivity contribution in [3.8, 4) is 22.8 Å². The molecule has 0 aliphatic rings. The van der Waals surface area contributed by atoms with Crippen LogP contribution >= 0.6 is 23.4 Å². The van der Waals surface area contributed by atoms with Gasteiger partial charge in [0.2, 0.25) is 0 Å². The minimum absolute atomic E-state index is 0.633. The minimum Gasteiger partial charge on any atom is -0.495 e. The summed E-state index contributed by atoms with van der Waals surface area (Å²) in [5.41, 5.74) is 9.85. The van der Waals surface area contributed by atoms with E-state index in [-0.39, 0.29) is 0 Å². The van der Waals surface area contributed by atoms with Crippen LogP contribution in [0.2, 0.25) is 5.02 Å². The van der Waals surface area contributed by atoms with Crippen molar-refractivity contribution in [3.05, 3.63) is 86.9 Å². The molecule has 0 spiro atoms. The molecule has 0 saturated heterocycles. The first-order valence-corrected chi connectivity index (χ1v) is 12.2. The highest BCUT2D eigenvalue weighted by molar-refractivity contribution is 7.98. The van der Waals surface area contributed by atoms with Gasteiger partial charge in [-0.15, -0.1) is 10.2 Å². The summed E-state index contributed by atoms with van der Waals surface area (Å²) in [6.07, 6.45) is 0. The Bertz CT molecular complexity index is 1300. The van der Waals surface area contributed by atoms with Gasteiger partial charge in [0.05, 0.1) is 17.8 Å². The largest absolute Gasteiger partial charge is 0.495 e. The average molecular weight is 478 g/mol. The third-order valence-corrected chi connectivity index (χ3v) is 7.86. The zero-order valence-corrected chi connectivity index (χ0v) is 21.4. The highest BCUT2D eigenvalue weighted by Crippen LogP contribution is 2.37. The molecule has 0 aliphatic carbocycles. The third-order valence-electron chi connectivity index (χ3n) is 6.58. The van der Waals surface area contributed by atoms with Crippen LogP contribution in [0.15, 0.2) is 53.7 Å². The van der Waals surface area contributed by atoms with Crippen LogP contribution in [0.1, 0.15) is 33.4 Å². The van der Waals surface area contributed by atoms with Crippen LogP contribution < -0.4 is 4.74 Å². The smallest absolute Gasteiger partial charge is 0.196 e. The second-order valence-electron chi connectivity index (χ2n) is 8.19. The van der Waals surface area contributed by atoms with Gasteiger partial charge in [-0.25, -0.2) is 0 Å². The van der Waals surface area contributed by atoms with Crippen molar-refractivity contribution in [1.82, 2.24) is 14.8 Å². The normalized spacial score (nSPS) is 11.1. The Hall–Kier alpha value is -2.76. The number of ether oxygens (including phenoxy) is 1. The van der Waals surface area contributed by atoms with Gasteiger partial charge in [0.1, 0.15) is 5.75 Å². The number of nitrogens with zero attached hydrogens (tertiary/aromatic N) is 3. The van der Waals surface area contributed by atoms with E-state index in [1.54, 1.807) is 18.9 Å². The standard InChI is InChI=1S/C27H28ClN3OS/c1-16-17(2)19(4)22(20(5)18(16)3)15-33-27-30-29-26(21-11-7-8-12-23(21)28)31(27)24-13-9-10-14-25(24)32-6/h7-14H,15H2,1-6H3. The van der Waals surface area contributed by atoms with Crippen molar-refractivity contribution in [2.24, 2.45) is 0 Å². The first kappa shape index (κ1) is 23.4. The second kappa shape index (κ2) is 9.62. The molecule has 4 nitrogen and oxygen atoms in total. The maximum Gasteiger partial charge on any atom is 0.196 e. The first-order chi connectivity index (χ1) is 15.8. The molecule has 4 aromatic rings. The molecule has 0 aliphatic heterocycles. The van der Waals surface area contributed by atoms with Gasteiger partial charge in [0.25, 0.3) is 0 Å². The van der Waals surface area contributed by atoms with Crippen LogP contribution in [0.5, 0.6) is 5.75 Å². The van der Waals surface area contributed by atoms with E-state index in [2.05, 4.69) is 44.8 Å². The van der Waals surface area contributed by atoms with E-state index in [4.69, 9.17) is 16.3 Å². The monoisotopic (exact) mass is 477 g/mol. The van der Waals surface area contributed by atoms with Crippen LogP contribution in [0, 0.1) is 34.6 Å². The molecule has 0 atom stereocenters. The number of para-hydroxylation sites is 2. The lowest BCUT2D eigenvalue weighted by molar-refractivity contribution is 0.412. The lowest BCUT2D eigenvalue weighted by Gasteiger charge is -2.19. The van der Waals surface area contributed by atoms with Crippen LogP contribution in [-0.4, -0.2) is 21.9 Å². The fraction of sp³-hybridized carbons (Fsp3) is 0.259. The molecule has 4 rings (SSSR count). The van der Waals surface area contributed by atoms with E-state index in [1.807, 2.05) is 53.1 Å². The van der Waals surface area contributed by atoms with Gasteiger partial charge < -0.3 is 4.74 Å². The lowest BCUT2D eigenvalue weighted by atomic mass is 9.90. The quantitative estimate of drug-likeness (QED) is 0.271. The molecule has 0 N–H and O–H groups in total. The number of methoxy groups -OCH3 is 1. The minimum atomic E-state index is 0.633. The van der Waals surface area contributed by atoms with E-state index < -0.39 is 0 Å². The first-order valence-electron chi connectivity index (χ1n) is 10.9. The lowest BCUT2D eigenvalue weighted by Crippen LogP contribution is -2.04. The van der Waals surface area contributed by atoms with Crippen molar-refractivity contribution < 1.29 is 4.74 Å². The fourth-order valence-corrected chi connectivity index (χ4v) is 5.48. The van der Waals surface area contributed by atoms with Crippen molar-refractivity contribution in [2.75, 3.05) is 7.11 Å². The molecular formula is C27H28ClN3OS. The highest BCUT2D eigenvalue weighted by Gasteiger charge is 2.21. The number of hydrogen-bond acceptors (Lipinski definition) is 4. The molecule has 6 heteroatoms. The van der Waals surface area contributed by atoms with Crippen molar-refractivity contribution in [3.63, 3.8) is 0 Å². The molecule has 170 valence electrons. The van der Waals surface area contributed by atoms with Gasteiger partial charge in [-0.05, 0) is 92.3 Å². The van der Waals surface area contributed by atoms with Crippen molar-refractivity contribution in [1.29, 1.82) is 0 Å². The molecule has 0 fully saturated rings. The Morgan fingerprint density at radius 1 is 0.818 bits per heavy atom. The van der Waals surface area contributed by atoms with Gasteiger partial charge in [-0.3, -0.25) is 4.57 Å². The summed E-state index contributed by atoms with van der Waals surface area (Å²) in [6, 6.07) is 15.6. The van der Waals surface area contributed by atoms with Crippen molar-refractivity contribution in [2.45, 2.75) is 45.5 Å². The third kappa shape index (κ3) is 4.28. The molecule has 1 aromatic heterocycles. The van der Waals surface area contributed by atoms with E-state index in [1.165, 1.54) is 33.4 Å². The highest BCUT2D eigenvalue weighted by atomic mass is 35.5. The maximum absolute atomic E-state index is 6.55. The zero-order chi connectivity index (χ0) is 23.7. The van der Waals surface area contributed by atoms with E-state index >= 15 is 0 Å². The zero-order valence-electron chi connectivity index (χ0n) is 19.9. The number of halogens is 1. The Morgan fingerprint density at radius 2 is 1.42 bits per heavy atom. The molecule has 0 saturated carbocycles. The SMILES string of the molecule is COc1ccccc1-n1c(SCc2c(C)c(C)c(C)c(C)c2C)nnc1-c1ccccc1Cl. The predicted molar refractivity (Wildman–Crippen MR) is 138 cm³/mol. The molecule has 33 heavy (non-hydrogen) atoms. The topological polar surface area (TPSA) is 39.9 Å². The summed E-state index contributed by atoms with van der Waals surface area (Å²) in [5.74, 6) is 2.24. The average Bonchev–Trinajstić information content (AvgIpc) is 3.25. The Morgan fingerprint density at radius 3 is 2.09 bits per heavy atom. The molecule has 0 unspecified atom stereocenters. The summed E-state index contributed by atoms with van der Waals surface area (Å²) >= 11 is 8.22. The van der Waals surface area contributed by atoms with Gasteiger partial charge in [-0.2, -0.15) is 0 Å². The van der Waals surface area contributed by atoms with Gasteiger partial charge in [0.15, 0.2) is 11.0 Å². The fourth-order valence-electron chi connectivity index (χ4n) is 4.14. The molecule has 0 bridgehead atoms. The molecular weight excluding hydrogens is 450 g/mol. The maximum atomic E-state index is 6.55. The molecule has 0 radical (unpaired) electrons. The predicted octanol–water partition coefficient (Wildman–Crippen LogP) is 7.43. The Labute approximate surface area is 205 Å². The van der Waals surface area contributed by atoms with Crippen LogP contribution in [0.4, 0.5) is 0 Å². The molecule has 0 amide bonds. The van der Waals surface area contributed by atoms with Crippen LogP contribution in [0.3, 0.4) is 0 Å². The summed E-state index contributed by atoms with van der Waals surface area (Å²) in [6.45, 7) is 11.0. The van der Waals surface area contributed by atoms with Crippen LogP contribution in [-0.2, 0) is 5.75 Å².